The van der Waals surface area contributed by atoms with Crippen molar-refractivity contribution in [1.82, 2.24) is 4.98 Å². The first-order valence-electron chi connectivity index (χ1n) is 6.17. The molecule has 0 aliphatic carbocycles. The molecule has 105 valence electrons. The first kappa shape index (κ1) is 15.8. The predicted molar refractivity (Wildman–Crippen MR) is 72.7 cm³/mol. The number of pyridine rings is 1. The summed E-state index contributed by atoms with van der Waals surface area (Å²) in [5, 5.41) is 0. The second kappa shape index (κ2) is 8.79. The maximum absolute atomic E-state index is 11.6. The highest BCUT2D eigenvalue weighted by molar-refractivity contribution is 6.46. The Morgan fingerprint density at radius 1 is 1.37 bits per heavy atom. The quantitative estimate of drug-likeness (QED) is 0.537. The van der Waals surface area contributed by atoms with E-state index >= 15 is 0 Å². The molecule has 1 heterocycles. The van der Waals surface area contributed by atoms with E-state index in [0.29, 0.717) is 6.61 Å². The summed E-state index contributed by atoms with van der Waals surface area (Å²) in [5.74, 6) is -0.255. The van der Waals surface area contributed by atoms with E-state index in [9.17, 15) is 4.79 Å². The van der Waals surface area contributed by atoms with Gasteiger partial charge >= 0.3 is 15.3 Å². The molecular weight excluding hydrogens is 262 g/mol. The number of hydrogen-bond acceptors (Lipinski definition) is 5. The van der Waals surface area contributed by atoms with Crippen LogP contribution in [0.15, 0.2) is 24.4 Å². The van der Waals surface area contributed by atoms with Gasteiger partial charge in [-0.05, 0) is 18.6 Å². The summed E-state index contributed by atoms with van der Waals surface area (Å²) in [7, 11) is 2.02. The van der Waals surface area contributed by atoms with Gasteiger partial charge in [0, 0.05) is 26.0 Å². The Labute approximate surface area is 115 Å². The molecule has 0 fully saturated rings. The van der Waals surface area contributed by atoms with Crippen LogP contribution in [0.3, 0.4) is 0 Å². The van der Waals surface area contributed by atoms with Gasteiger partial charge in [0.2, 0.25) is 0 Å². The van der Waals surface area contributed by atoms with Crippen molar-refractivity contribution in [3.8, 4) is 0 Å². The molecule has 0 saturated carbocycles. The third-order valence-corrected chi connectivity index (χ3v) is 4.57. The minimum absolute atomic E-state index is 0.210. The summed E-state index contributed by atoms with van der Waals surface area (Å²) in [6, 6.07) is 5.47. The molecule has 1 atom stereocenters. The molecule has 1 aromatic heterocycles. The summed E-state index contributed by atoms with van der Waals surface area (Å²) in [6.45, 7) is 2.42. The van der Waals surface area contributed by atoms with Gasteiger partial charge in [0.05, 0.1) is 18.7 Å². The van der Waals surface area contributed by atoms with Gasteiger partial charge in [-0.15, -0.1) is 0 Å². The van der Waals surface area contributed by atoms with Gasteiger partial charge in [0.15, 0.2) is 0 Å². The molecule has 0 aliphatic heterocycles. The average molecular weight is 282 g/mol. The minimum Gasteiger partial charge on any atom is -0.465 e. The van der Waals surface area contributed by atoms with Crippen LogP contribution in [0.4, 0.5) is 0 Å². The highest BCUT2D eigenvalue weighted by atomic mass is 28.3. The van der Waals surface area contributed by atoms with Crippen LogP contribution in [0.1, 0.15) is 19.0 Å². The first-order chi connectivity index (χ1) is 9.17. The van der Waals surface area contributed by atoms with Gasteiger partial charge < -0.3 is 13.6 Å². The van der Waals surface area contributed by atoms with Gasteiger partial charge in [-0.2, -0.15) is 0 Å². The number of carbonyl (C=O) groups is 1. The molecule has 0 saturated heterocycles. The van der Waals surface area contributed by atoms with Crippen molar-refractivity contribution in [2.24, 2.45) is 0 Å². The highest BCUT2D eigenvalue weighted by Crippen LogP contribution is 2.15. The molecule has 5 nitrogen and oxygen atoms in total. The fourth-order valence-electron chi connectivity index (χ4n) is 1.65. The van der Waals surface area contributed by atoms with Crippen molar-refractivity contribution in [1.29, 1.82) is 0 Å². The van der Waals surface area contributed by atoms with E-state index in [1.54, 1.807) is 26.5 Å². The standard InChI is InChI=1S/C13H20NO4Si/c1-11(19(16-2)17-3)7-9-18-13(15)10-12-6-4-5-8-14-12/h4-6,8,11H,7,9-10H2,1-3H3. The maximum atomic E-state index is 11.6. The van der Waals surface area contributed by atoms with Gasteiger partial charge in [-0.1, -0.05) is 13.0 Å². The lowest BCUT2D eigenvalue weighted by atomic mass is 10.3. The van der Waals surface area contributed by atoms with E-state index in [1.165, 1.54) is 0 Å². The third kappa shape index (κ3) is 5.95. The van der Waals surface area contributed by atoms with Crippen LogP contribution in [0.2, 0.25) is 5.54 Å². The fourth-order valence-corrected chi connectivity index (χ4v) is 2.98. The van der Waals surface area contributed by atoms with Crippen molar-refractivity contribution in [2.45, 2.75) is 25.3 Å². The Hall–Kier alpha value is -1.24. The molecular formula is C13H20NO4Si. The zero-order valence-corrected chi connectivity index (χ0v) is 12.6. The highest BCUT2D eigenvalue weighted by Gasteiger charge is 2.22. The van der Waals surface area contributed by atoms with E-state index in [-0.39, 0.29) is 17.9 Å². The molecule has 0 aromatic carbocycles. The lowest BCUT2D eigenvalue weighted by Gasteiger charge is -2.16. The molecule has 19 heavy (non-hydrogen) atoms. The lowest BCUT2D eigenvalue weighted by Crippen LogP contribution is -2.25. The number of nitrogens with zero attached hydrogens (tertiary/aromatic N) is 1. The van der Waals surface area contributed by atoms with Crippen molar-refractivity contribution in [2.75, 3.05) is 20.8 Å². The Kier molecular flexibility index (Phi) is 7.31. The monoisotopic (exact) mass is 282 g/mol. The van der Waals surface area contributed by atoms with E-state index in [0.717, 1.165) is 12.1 Å². The summed E-state index contributed by atoms with van der Waals surface area (Å²) < 4.78 is 15.7. The largest absolute Gasteiger partial charge is 0.465 e. The Balaban J connectivity index is 2.24. The summed E-state index contributed by atoms with van der Waals surface area (Å²) in [6.07, 6.45) is 2.61. The molecule has 1 radical (unpaired) electrons. The first-order valence-corrected chi connectivity index (χ1v) is 7.57. The van der Waals surface area contributed by atoms with Crippen molar-refractivity contribution < 1.29 is 18.4 Å². The maximum Gasteiger partial charge on any atom is 0.387 e. The van der Waals surface area contributed by atoms with E-state index in [1.807, 2.05) is 19.1 Å². The zero-order chi connectivity index (χ0) is 14.1. The van der Waals surface area contributed by atoms with Crippen molar-refractivity contribution in [3.05, 3.63) is 30.1 Å². The zero-order valence-electron chi connectivity index (χ0n) is 11.6. The Bertz CT molecular complexity index is 370. The predicted octanol–water partition coefficient (Wildman–Crippen LogP) is 1.73. The molecule has 0 N–H and O–H groups in total. The summed E-state index contributed by atoms with van der Waals surface area (Å²) >= 11 is 0. The second-order valence-corrected chi connectivity index (χ2v) is 6.58. The molecule has 6 heteroatoms. The van der Waals surface area contributed by atoms with Crippen LogP contribution >= 0.6 is 0 Å². The van der Waals surface area contributed by atoms with Gasteiger partial charge in [0.1, 0.15) is 0 Å². The van der Waals surface area contributed by atoms with Crippen LogP contribution in [0.25, 0.3) is 0 Å². The Morgan fingerprint density at radius 2 is 2.11 bits per heavy atom. The third-order valence-electron chi connectivity index (χ3n) is 2.67. The van der Waals surface area contributed by atoms with Crippen LogP contribution in [-0.2, 0) is 24.8 Å². The Morgan fingerprint density at radius 3 is 2.68 bits per heavy atom. The normalized spacial score (nSPS) is 12.4. The molecule has 0 bridgehead atoms. The molecule has 1 aromatic rings. The number of ether oxygens (including phenoxy) is 1. The van der Waals surface area contributed by atoms with E-state index in [4.69, 9.17) is 13.6 Å². The van der Waals surface area contributed by atoms with E-state index in [2.05, 4.69) is 4.98 Å². The molecule has 0 spiro atoms. The van der Waals surface area contributed by atoms with Crippen molar-refractivity contribution in [3.63, 3.8) is 0 Å². The fraction of sp³-hybridized carbons (Fsp3) is 0.538. The van der Waals surface area contributed by atoms with Crippen LogP contribution in [0, 0.1) is 0 Å². The number of carbonyl (C=O) groups excluding carboxylic acids is 1. The smallest absolute Gasteiger partial charge is 0.387 e. The lowest BCUT2D eigenvalue weighted by molar-refractivity contribution is -0.143. The van der Waals surface area contributed by atoms with Crippen LogP contribution < -0.4 is 0 Å². The molecule has 1 unspecified atom stereocenters. The molecule has 0 amide bonds. The van der Waals surface area contributed by atoms with Gasteiger partial charge in [0.25, 0.3) is 0 Å². The SMILES string of the molecule is CO[Si](OC)C(C)CCOC(=O)Cc1ccccn1. The van der Waals surface area contributed by atoms with Gasteiger partial charge in [-0.3, -0.25) is 9.78 Å². The van der Waals surface area contributed by atoms with Crippen LogP contribution in [0.5, 0.6) is 0 Å². The summed E-state index contributed by atoms with van der Waals surface area (Å²) in [4.78, 5) is 15.7. The number of rotatable bonds is 8. The number of aromatic nitrogens is 1. The van der Waals surface area contributed by atoms with Crippen molar-refractivity contribution >= 4 is 15.3 Å². The topological polar surface area (TPSA) is 57.7 Å². The van der Waals surface area contributed by atoms with Gasteiger partial charge in [-0.25, -0.2) is 0 Å². The second-order valence-electron chi connectivity index (χ2n) is 4.14. The molecule has 1 rings (SSSR count). The number of esters is 1. The molecule has 0 aliphatic rings. The number of hydrogen-bond donors (Lipinski definition) is 0. The average Bonchev–Trinajstić information content (AvgIpc) is 2.41. The minimum atomic E-state index is -1.26. The van der Waals surface area contributed by atoms with E-state index < -0.39 is 9.28 Å². The van der Waals surface area contributed by atoms with Crippen LogP contribution in [-0.4, -0.2) is 41.1 Å². The summed E-state index contributed by atoms with van der Waals surface area (Å²) in [5.41, 5.74) is 0.988.